The smallest absolute Gasteiger partial charge is 0.252 e. The first-order chi connectivity index (χ1) is 17.0. The molecule has 8 nitrogen and oxygen atoms in total. The van der Waals surface area contributed by atoms with E-state index >= 15 is 0 Å². The van der Waals surface area contributed by atoms with E-state index in [-0.39, 0.29) is 12.1 Å². The van der Waals surface area contributed by atoms with Crippen molar-refractivity contribution in [3.8, 4) is 11.5 Å². The Morgan fingerprint density at radius 2 is 1.91 bits per heavy atom. The third-order valence-electron chi connectivity index (χ3n) is 6.81. The number of hydrogen-bond donors (Lipinski definition) is 4. The highest BCUT2D eigenvalue weighted by Crippen LogP contribution is 2.38. The molecule has 1 aromatic heterocycles. The molecule has 5 N–H and O–H groups in total. The fraction of sp³-hybridized carbons (Fsp3) is 0.407. The van der Waals surface area contributed by atoms with Crippen LogP contribution in [0.1, 0.15) is 54.1 Å². The van der Waals surface area contributed by atoms with Gasteiger partial charge in [-0.1, -0.05) is 31.9 Å². The summed E-state index contributed by atoms with van der Waals surface area (Å²) in [7, 11) is 3.14. The Balaban J connectivity index is 1.72. The number of nitrogens with two attached hydrogens (primary N) is 1. The molecule has 0 aliphatic heterocycles. The maximum atomic E-state index is 12.3. The van der Waals surface area contributed by atoms with Crippen LogP contribution in [0.4, 0.5) is 11.4 Å². The Morgan fingerprint density at radius 1 is 1.17 bits per heavy atom. The van der Waals surface area contributed by atoms with Crippen molar-refractivity contribution in [3.63, 3.8) is 0 Å². The van der Waals surface area contributed by atoms with Gasteiger partial charge in [0.2, 0.25) is 0 Å². The van der Waals surface area contributed by atoms with Gasteiger partial charge in [0, 0.05) is 35.9 Å². The number of methoxy groups -OCH3 is 2. The highest BCUT2D eigenvalue weighted by atomic mass is 16.5. The Kier molecular flexibility index (Phi) is 7.73. The zero-order valence-electron chi connectivity index (χ0n) is 20.6. The van der Waals surface area contributed by atoms with Crippen LogP contribution >= 0.6 is 0 Å². The molecule has 2 aromatic carbocycles. The molecule has 0 radical (unpaired) electrons. The molecule has 0 spiro atoms. The van der Waals surface area contributed by atoms with Crippen LogP contribution in [-0.4, -0.2) is 42.4 Å². The molecule has 3 aromatic rings. The molecule has 0 saturated heterocycles. The number of nitrogens with zero attached hydrogens (tertiary/aromatic N) is 1. The monoisotopic (exact) mass is 478 g/mol. The predicted molar refractivity (Wildman–Crippen MR) is 138 cm³/mol. The SMILES string of the molecule is CCc1c(CNC2CCCC[C@@H]2O)cccc1Nc1c(C(N)=O)cnc2cc(OC)c(OC)cc12. The van der Waals surface area contributed by atoms with E-state index < -0.39 is 5.91 Å². The summed E-state index contributed by atoms with van der Waals surface area (Å²) in [5, 5.41) is 18.1. The van der Waals surface area contributed by atoms with Crippen molar-refractivity contribution in [1.82, 2.24) is 10.3 Å². The van der Waals surface area contributed by atoms with Crippen molar-refractivity contribution >= 4 is 28.2 Å². The van der Waals surface area contributed by atoms with Gasteiger partial charge < -0.3 is 30.9 Å². The number of amides is 1. The molecule has 1 aliphatic carbocycles. The van der Waals surface area contributed by atoms with Gasteiger partial charge in [-0.05, 0) is 42.5 Å². The van der Waals surface area contributed by atoms with Crippen LogP contribution in [0.2, 0.25) is 0 Å². The fourth-order valence-corrected chi connectivity index (χ4v) is 4.90. The number of nitrogens with one attached hydrogen (secondary N) is 2. The molecular formula is C27H34N4O4. The first-order valence-corrected chi connectivity index (χ1v) is 12.1. The summed E-state index contributed by atoms with van der Waals surface area (Å²) in [5.74, 6) is 0.516. The minimum Gasteiger partial charge on any atom is -0.493 e. The molecule has 35 heavy (non-hydrogen) atoms. The number of rotatable bonds is 9. The number of ether oxygens (including phenoxy) is 2. The van der Waals surface area contributed by atoms with Crippen molar-refractivity contribution in [2.75, 3.05) is 19.5 Å². The summed E-state index contributed by atoms with van der Waals surface area (Å²) in [6.07, 6.45) is 6.02. The van der Waals surface area contributed by atoms with E-state index in [9.17, 15) is 9.90 Å². The third kappa shape index (κ3) is 5.18. The summed E-state index contributed by atoms with van der Waals surface area (Å²) in [6, 6.07) is 9.78. The van der Waals surface area contributed by atoms with Crippen LogP contribution in [0.3, 0.4) is 0 Å². The minimum atomic E-state index is -0.571. The Morgan fingerprint density at radius 3 is 2.60 bits per heavy atom. The number of aromatic nitrogens is 1. The second kappa shape index (κ2) is 10.9. The van der Waals surface area contributed by atoms with Crippen LogP contribution in [0.5, 0.6) is 11.5 Å². The normalized spacial score (nSPS) is 17.8. The summed E-state index contributed by atoms with van der Waals surface area (Å²) in [5.41, 5.74) is 10.4. The number of aliphatic hydroxyl groups excluding tert-OH is 1. The number of primary amides is 1. The van der Waals surface area contributed by atoms with Crippen molar-refractivity contribution in [2.45, 2.75) is 57.7 Å². The van der Waals surface area contributed by atoms with E-state index in [1.807, 2.05) is 12.1 Å². The van der Waals surface area contributed by atoms with Gasteiger partial charge in [0.25, 0.3) is 5.91 Å². The molecule has 0 bridgehead atoms. The standard InChI is InChI=1S/C27H34N4O4/c1-4-17-16(14-29-21-9-5-6-11-23(21)32)8-7-10-20(17)31-26-18-12-24(34-2)25(35-3)13-22(18)30-15-19(26)27(28)33/h7-8,10,12-13,15,21,23,29,32H,4-6,9,11,14H2,1-3H3,(H2,28,33)(H,30,31)/t21?,23-/m0/s1. The molecule has 2 atom stereocenters. The van der Waals surface area contributed by atoms with E-state index in [0.717, 1.165) is 48.9 Å². The lowest BCUT2D eigenvalue weighted by atomic mass is 9.92. The lowest BCUT2D eigenvalue weighted by Crippen LogP contribution is -2.41. The van der Waals surface area contributed by atoms with Gasteiger partial charge in [-0.15, -0.1) is 0 Å². The molecule has 1 saturated carbocycles. The summed E-state index contributed by atoms with van der Waals surface area (Å²) < 4.78 is 10.9. The van der Waals surface area contributed by atoms with E-state index in [0.29, 0.717) is 40.2 Å². The van der Waals surface area contributed by atoms with Gasteiger partial charge >= 0.3 is 0 Å². The van der Waals surface area contributed by atoms with Gasteiger partial charge in [0.1, 0.15) is 0 Å². The lowest BCUT2D eigenvalue weighted by molar-refractivity contribution is 0.0902. The number of aliphatic hydroxyl groups is 1. The Labute approximate surface area is 205 Å². The van der Waals surface area contributed by atoms with Crippen molar-refractivity contribution in [2.24, 2.45) is 5.73 Å². The molecule has 1 heterocycles. The number of hydrogen-bond acceptors (Lipinski definition) is 7. The average molecular weight is 479 g/mol. The molecule has 1 unspecified atom stereocenters. The fourth-order valence-electron chi connectivity index (χ4n) is 4.90. The average Bonchev–Trinajstić information content (AvgIpc) is 2.87. The highest BCUT2D eigenvalue weighted by molar-refractivity contribution is 6.08. The zero-order valence-corrected chi connectivity index (χ0v) is 20.6. The summed E-state index contributed by atoms with van der Waals surface area (Å²) in [6.45, 7) is 2.76. The van der Waals surface area contributed by atoms with Gasteiger partial charge in [-0.3, -0.25) is 9.78 Å². The maximum absolute atomic E-state index is 12.3. The summed E-state index contributed by atoms with van der Waals surface area (Å²) >= 11 is 0. The van der Waals surface area contributed by atoms with Crippen LogP contribution in [0.25, 0.3) is 10.9 Å². The van der Waals surface area contributed by atoms with Crippen LogP contribution in [-0.2, 0) is 13.0 Å². The minimum absolute atomic E-state index is 0.109. The first kappa shape index (κ1) is 24.8. The van der Waals surface area contributed by atoms with Gasteiger partial charge in [0.05, 0.1) is 37.1 Å². The van der Waals surface area contributed by atoms with E-state index in [4.69, 9.17) is 15.2 Å². The zero-order chi connectivity index (χ0) is 24.9. The molecule has 1 amide bonds. The van der Waals surface area contributed by atoms with E-state index in [1.165, 1.54) is 6.20 Å². The number of pyridine rings is 1. The highest BCUT2D eigenvalue weighted by Gasteiger charge is 2.23. The Bertz CT molecular complexity index is 1210. The predicted octanol–water partition coefficient (Wildman–Crippen LogP) is 4.05. The molecule has 8 heteroatoms. The van der Waals surface area contributed by atoms with Crippen LogP contribution in [0.15, 0.2) is 36.5 Å². The van der Waals surface area contributed by atoms with Crippen molar-refractivity contribution in [1.29, 1.82) is 0 Å². The van der Waals surface area contributed by atoms with Crippen molar-refractivity contribution < 1.29 is 19.4 Å². The molecule has 186 valence electrons. The number of carbonyl (C=O) groups excluding carboxylic acids is 1. The topological polar surface area (TPSA) is 119 Å². The van der Waals surface area contributed by atoms with Crippen molar-refractivity contribution in [3.05, 3.63) is 53.2 Å². The lowest BCUT2D eigenvalue weighted by Gasteiger charge is -2.29. The Hall–Kier alpha value is -3.36. The molecule has 4 rings (SSSR count). The molecule has 1 aliphatic rings. The number of benzene rings is 2. The first-order valence-electron chi connectivity index (χ1n) is 12.1. The number of anilines is 2. The van der Waals surface area contributed by atoms with E-state index in [1.54, 1.807) is 26.4 Å². The van der Waals surface area contributed by atoms with Gasteiger partial charge in [-0.25, -0.2) is 0 Å². The third-order valence-corrected chi connectivity index (χ3v) is 6.81. The second-order valence-electron chi connectivity index (χ2n) is 8.90. The number of fused-ring (bicyclic) bond motifs is 1. The molecular weight excluding hydrogens is 444 g/mol. The maximum Gasteiger partial charge on any atom is 0.252 e. The number of carbonyl (C=O) groups is 1. The van der Waals surface area contributed by atoms with Gasteiger partial charge in [0.15, 0.2) is 11.5 Å². The van der Waals surface area contributed by atoms with Gasteiger partial charge in [-0.2, -0.15) is 0 Å². The van der Waals surface area contributed by atoms with E-state index in [2.05, 4.69) is 28.6 Å². The molecule has 1 fully saturated rings. The largest absolute Gasteiger partial charge is 0.493 e. The quantitative estimate of drug-likeness (QED) is 0.366. The van der Waals surface area contributed by atoms with Crippen LogP contribution in [0, 0.1) is 0 Å². The summed E-state index contributed by atoms with van der Waals surface area (Å²) in [4.78, 5) is 16.7. The second-order valence-corrected chi connectivity index (χ2v) is 8.90. The van der Waals surface area contributed by atoms with Crippen LogP contribution < -0.4 is 25.8 Å².